The standard InChI is InChI=1S/C10H19NO2/c1-4-9-5-8(10(12)13)6-11(9)7(2)3/h7-9H,4-6H2,1-3H3,(H,12,13). The first-order valence-corrected chi connectivity index (χ1v) is 5.04. The van der Waals surface area contributed by atoms with Gasteiger partial charge in [-0.05, 0) is 26.7 Å². The molecule has 0 aromatic carbocycles. The van der Waals surface area contributed by atoms with Crippen LogP contribution in [0.15, 0.2) is 0 Å². The lowest BCUT2D eigenvalue weighted by Crippen LogP contribution is -2.35. The van der Waals surface area contributed by atoms with E-state index in [9.17, 15) is 4.79 Å². The van der Waals surface area contributed by atoms with E-state index in [2.05, 4.69) is 25.7 Å². The predicted octanol–water partition coefficient (Wildman–Crippen LogP) is 1.58. The summed E-state index contributed by atoms with van der Waals surface area (Å²) in [7, 11) is 0. The van der Waals surface area contributed by atoms with E-state index in [1.54, 1.807) is 0 Å². The van der Waals surface area contributed by atoms with Crippen LogP contribution in [0.1, 0.15) is 33.6 Å². The lowest BCUT2D eigenvalue weighted by molar-refractivity contribution is -0.141. The Morgan fingerprint density at radius 1 is 1.62 bits per heavy atom. The third-order valence-corrected chi connectivity index (χ3v) is 2.94. The first-order chi connectivity index (χ1) is 6.06. The van der Waals surface area contributed by atoms with Gasteiger partial charge in [-0.3, -0.25) is 9.69 Å². The Morgan fingerprint density at radius 2 is 2.23 bits per heavy atom. The molecule has 1 rings (SSSR count). The minimum Gasteiger partial charge on any atom is -0.481 e. The molecule has 3 nitrogen and oxygen atoms in total. The van der Waals surface area contributed by atoms with Crippen molar-refractivity contribution in [1.82, 2.24) is 4.90 Å². The highest BCUT2D eigenvalue weighted by Crippen LogP contribution is 2.27. The monoisotopic (exact) mass is 185 g/mol. The van der Waals surface area contributed by atoms with Crippen LogP contribution < -0.4 is 0 Å². The molecule has 2 atom stereocenters. The summed E-state index contributed by atoms with van der Waals surface area (Å²) in [6.07, 6.45) is 1.88. The number of hydrogen-bond donors (Lipinski definition) is 1. The van der Waals surface area contributed by atoms with Gasteiger partial charge in [0, 0.05) is 18.6 Å². The zero-order chi connectivity index (χ0) is 10.0. The van der Waals surface area contributed by atoms with Crippen LogP contribution in [0.3, 0.4) is 0 Å². The van der Waals surface area contributed by atoms with E-state index >= 15 is 0 Å². The quantitative estimate of drug-likeness (QED) is 0.725. The highest BCUT2D eigenvalue weighted by molar-refractivity contribution is 5.70. The molecule has 1 aliphatic heterocycles. The summed E-state index contributed by atoms with van der Waals surface area (Å²) < 4.78 is 0. The maximum atomic E-state index is 10.8. The van der Waals surface area contributed by atoms with Crippen molar-refractivity contribution in [1.29, 1.82) is 0 Å². The number of carboxylic acid groups (broad SMARTS) is 1. The van der Waals surface area contributed by atoms with E-state index < -0.39 is 5.97 Å². The van der Waals surface area contributed by atoms with Gasteiger partial charge in [0.1, 0.15) is 0 Å². The van der Waals surface area contributed by atoms with Crippen LogP contribution in [0.25, 0.3) is 0 Å². The molecule has 0 aromatic heterocycles. The van der Waals surface area contributed by atoms with Crippen molar-refractivity contribution in [2.45, 2.75) is 45.7 Å². The van der Waals surface area contributed by atoms with Crippen molar-refractivity contribution in [2.24, 2.45) is 5.92 Å². The molecular weight excluding hydrogens is 166 g/mol. The lowest BCUT2D eigenvalue weighted by Gasteiger charge is -2.27. The first kappa shape index (κ1) is 10.5. The van der Waals surface area contributed by atoms with Crippen LogP contribution in [0.2, 0.25) is 0 Å². The minimum absolute atomic E-state index is 0.146. The van der Waals surface area contributed by atoms with Crippen LogP contribution in [-0.4, -0.2) is 34.6 Å². The molecule has 0 spiro atoms. The summed E-state index contributed by atoms with van der Waals surface area (Å²) in [4.78, 5) is 13.1. The normalized spacial score (nSPS) is 29.8. The van der Waals surface area contributed by atoms with E-state index in [-0.39, 0.29) is 5.92 Å². The molecule has 13 heavy (non-hydrogen) atoms. The number of aliphatic carboxylic acids is 1. The van der Waals surface area contributed by atoms with Crippen LogP contribution in [0.4, 0.5) is 0 Å². The number of rotatable bonds is 3. The molecule has 0 saturated carbocycles. The second kappa shape index (κ2) is 4.09. The molecule has 2 unspecified atom stereocenters. The zero-order valence-electron chi connectivity index (χ0n) is 8.66. The largest absolute Gasteiger partial charge is 0.481 e. The first-order valence-electron chi connectivity index (χ1n) is 5.04. The average Bonchev–Trinajstić information content (AvgIpc) is 2.47. The van der Waals surface area contributed by atoms with Gasteiger partial charge in [-0.25, -0.2) is 0 Å². The van der Waals surface area contributed by atoms with Crippen molar-refractivity contribution in [3.63, 3.8) is 0 Å². The summed E-state index contributed by atoms with van der Waals surface area (Å²) in [5, 5.41) is 8.90. The second-order valence-corrected chi connectivity index (χ2v) is 4.12. The zero-order valence-corrected chi connectivity index (χ0v) is 8.66. The Hall–Kier alpha value is -0.570. The molecule has 1 N–H and O–H groups in total. The summed E-state index contributed by atoms with van der Waals surface area (Å²) >= 11 is 0. The second-order valence-electron chi connectivity index (χ2n) is 4.12. The predicted molar refractivity (Wildman–Crippen MR) is 51.7 cm³/mol. The number of carbonyl (C=O) groups is 1. The van der Waals surface area contributed by atoms with E-state index in [0.717, 1.165) is 19.4 Å². The maximum Gasteiger partial charge on any atom is 0.307 e. The third-order valence-electron chi connectivity index (χ3n) is 2.94. The smallest absolute Gasteiger partial charge is 0.307 e. The topological polar surface area (TPSA) is 40.5 Å². The Balaban J connectivity index is 2.61. The Kier molecular flexibility index (Phi) is 3.31. The lowest BCUT2D eigenvalue weighted by atomic mass is 10.0. The third kappa shape index (κ3) is 2.21. The minimum atomic E-state index is -0.637. The summed E-state index contributed by atoms with van der Waals surface area (Å²) in [6.45, 7) is 7.12. The SMILES string of the molecule is CCC1CC(C(=O)O)CN1C(C)C. The molecule has 76 valence electrons. The molecule has 1 aliphatic rings. The fourth-order valence-electron chi connectivity index (χ4n) is 2.15. The van der Waals surface area contributed by atoms with Gasteiger partial charge in [0.2, 0.25) is 0 Å². The summed E-state index contributed by atoms with van der Waals surface area (Å²) in [5.41, 5.74) is 0. The van der Waals surface area contributed by atoms with Gasteiger partial charge in [-0.15, -0.1) is 0 Å². The van der Waals surface area contributed by atoms with Gasteiger partial charge >= 0.3 is 5.97 Å². The molecular formula is C10H19NO2. The molecule has 3 heteroatoms. The van der Waals surface area contributed by atoms with Gasteiger partial charge < -0.3 is 5.11 Å². The van der Waals surface area contributed by atoms with Crippen molar-refractivity contribution in [3.05, 3.63) is 0 Å². The molecule has 1 fully saturated rings. The molecule has 0 aliphatic carbocycles. The van der Waals surface area contributed by atoms with Gasteiger partial charge in [0.05, 0.1) is 5.92 Å². The van der Waals surface area contributed by atoms with Crippen LogP contribution in [0.5, 0.6) is 0 Å². The number of likely N-dealkylation sites (tertiary alicyclic amines) is 1. The van der Waals surface area contributed by atoms with Crippen LogP contribution in [-0.2, 0) is 4.79 Å². The van der Waals surface area contributed by atoms with E-state index in [1.807, 2.05) is 0 Å². The van der Waals surface area contributed by atoms with Crippen molar-refractivity contribution in [2.75, 3.05) is 6.54 Å². The summed E-state index contributed by atoms with van der Waals surface area (Å²) in [5.74, 6) is -0.783. The van der Waals surface area contributed by atoms with Crippen molar-refractivity contribution < 1.29 is 9.90 Å². The molecule has 1 heterocycles. The number of nitrogens with zero attached hydrogens (tertiary/aromatic N) is 1. The number of carboxylic acids is 1. The fourth-order valence-corrected chi connectivity index (χ4v) is 2.15. The van der Waals surface area contributed by atoms with Gasteiger partial charge in [0.25, 0.3) is 0 Å². The van der Waals surface area contributed by atoms with Crippen LogP contribution in [0, 0.1) is 5.92 Å². The Bertz CT molecular complexity index is 191. The van der Waals surface area contributed by atoms with E-state index in [4.69, 9.17) is 5.11 Å². The van der Waals surface area contributed by atoms with Gasteiger partial charge in [-0.1, -0.05) is 6.92 Å². The molecule has 1 saturated heterocycles. The molecule has 0 bridgehead atoms. The number of hydrogen-bond acceptors (Lipinski definition) is 2. The van der Waals surface area contributed by atoms with Crippen LogP contribution >= 0.6 is 0 Å². The average molecular weight is 185 g/mol. The van der Waals surface area contributed by atoms with E-state index in [1.165, 1.54) is 0 Å². The molecule has 0 radical (unpaired) electrons. The van der Waals surface area contributed by atoms with Crippen molar-refractivity contribution >= 4 is 5.97 Å². The Morgan fingerprint density at radius 3 is 2.54 bits per heavy atom. The maximum absolute atomic E-state index is 10.8. The fraction of sp³-hybridized carbons (Fsp3) is 0.900. The summed E-state index contributed by atoms with van der Waals surface area (Å²) in [6, 6.07) is 0.940. The molecule has 0 amide bonds. The highest BCUT2D eigenvalue weighted by Gasteiger charge is 2.35. The van der Waals surface area contributed by atoms with E-state index in [0.29, 0.717) is 12.1 Å². The van der Waals surface area contributed by atoms with Crippen molar-refractivity contribution in [3.8, 4) is 0 Å². The van der Waals surface area contributed by atoms with Gasteiger partial charge in [-0.2, -0.15) is 0 Å². The highest BCUT2D eigenvalue weighted by atomic mass is 16.4. The van der Waals surface area contributed by atoms with Gasteiger partial charge in [0.15, 0.2) is 0 Å². The molecule has 0 aromatic rings. The Labute approximate surface area is 79.7 Å².